The molecule has 0 radical (unpaired) electrons. The Morgan fingerprint density at radius 3 is 2.55 bits per heavy atom. The van der Waals surface area contributed by atoms with E-state index in [2.05, 4.69) is 33.5 Å². The van der Waals surface area contributed by atoms with Crippen LogP contribution in [0.25, 0.3) is 11.2 Å². The molecule has 2 N–H and O–H groups in total. The van der Waals surface area contributed by atoms with Crippen LogP contribution in [0.15, 0.2) is 64.2 Å². The van der Waals surface area contributed by atoms with Crippen LogP contribution in [0.2, 0.25) is 0 Å². The number of H-pyrrole nitrogens is 1. The molecule has 29 heavy (non-hydrogen) atoms. The minimum atomic E-state index is -0.474. The van der Waals surface area contributed by atoms with E-state index in [1.807, 2.05) is 47.9 Å². The number of aromatic nitrogens is 4. The minimum Gasteiger partial charge on any atom is -0.355 e. The van der Waals surface area contributed by atoms with Gasteiger partial charge in [0.15, 0.2) is 11.2 Å². The molecule has 148 valence electrons. The van der Waals surface area contributed by atoms with E-state index in [-0.39, 0.29) is 0 Å². The van der Waals surface area contributed by atoms with Crippen LogP contribution in [0, 0.1) is 6.92 Å². The van der Waals surface area contributed by atoms with Crippen molar-refractivity contribution in [2.45, 2.75) is 19.9 Å². The fraction of sp³-hybridized carbons (Fsp3) is 0.227. The van der Waals surface area contributed by atoms with Crippen molar-refractivity contribution in [3.63, 3.8) is 0 Å². The zero-order valence-electron chi connectivity index (χ0n) is 16.5. The second kappa shape index (κ2) is 7.79. The van der Waals surface area contributed by atoms with Gasteiger partial charge in [-0.05, 0) is 24.5 Å². The molecule has 7 nitrogen and oxygen atoms in total. The first-order valence-electron chi connectivity index (χ1n) is 9.56. The third kappa shape index (κ3) is 3.85. The number of aryl methyl sites for hydroxylation is 2. The highest BCUT2D eigenvalue weighted by Gasteiger charge is 2.17. The van der Waals surface area contributed by atoms with Gasteiger partial charge in [0.2, 0.25) is 5.95 Å². The van der Waals surface area contributed by atoms with Crippen molar-refractivity contribution in [3.05, 3.63) is 92.1 Å². The Labute approximate surface area is 167 Å². The first-order chi connectivity index (χ1) is 14.0. The van der Waals surface area contributed by atoms with Gasteiger partial charge in [0, 0.05) is 13.6 Å². The van der Waals surface area contributed by atoms with Gasteiger partial charge < -0.3 is 5.32 Å². The van der Waals surface area contributed by atoms with Gasteiger partial charge in [-0.25, -0.2) is 4.79 Å². The van der Waals surface area contributed by atoms with E-state index >= 15 is 0 Å². The number of hydrogen-bond donors (Lipinski definition) is 2. The maximum absolute atomic E-state index is 12.6. The average Bonchev–Trinajstić information content (AvgIpc) is 3.06. The molecular formula is C22H23N5O2. The SMILES string of the molecule is Cc1cccc(Cn2c(NCCc3ccccc3)nc3c2c(=O)[nH]c(=O)n3C)c1. The van der Waals surface area contributed by atoms with Gasteiger partial charge in [-0.2, -0.15) is 4.98 Å². The van der Waals surface area contributed by atoms with E-state index in [0.717, 1.165) is 17.5 Å². The fourth-order valence-corrected chi connectivity index (χ4v) is 3.48. The lowest BCUT2D eigenvalue weighted by molar-refractivity contribution is 0.804. The molecule has 7 heteroatoms. The summed E-state index contributed by atoms with van der Waals surface area (Å²) in [5, 5.41) is 3.34. The van der Waals surface area contributed by atoms with Crippen LogP contribution in [-0.2, 0) is 20.0 Å². The van der Waals surface area contributed by atoms with Crippen LogP contribution in [-0.4, -0.2) is 25.6 Å². The van der Waals surface area contributed by atoms with Crippen LogP contribution >= 0.6 is 0 Å². The quantitative estimate of drug-likeness (QED) is 0.530. The molecule has 0 unspecified atom stereocenters. The van der Waals surface area contributed by atoms with Gasteiger partial charge >= 0.3 is 5.69 Å². The smallest absolute Gasteiger partial charge is 0.329 e. The van der Waals surface area contributed by atoms with Gasteiger partial charge in [-0.15, -0.1) is 0 Å². The van der Waals surface area contributed by atoms with Crippen molar-refractivity contribution in [1.29, 1.82) is 0 Å². The number of aromatic amines is 1. The highest BCUT2D eigenvalue weighted by atomic mass is 16.2. The predicted molar refractivity (Wildman–Crippen MR) is 115 cm³/mol. The number of anilines is 1. The maximum Gasteiger partial charge on any atom is 0.329 e. The summed E-state index contributed by atoms with van der Waals surface area (Å²) in [4.78, 5) is 31.6. The molecule has 0 bridgehead atoms. The van der Waals surface area contributed by atoms with Crippen molar-refractivity contribution in [2.24, 2.45) is 7.05 Å². The number of hydrogen-bond acceptors (Lipinski definition) is 4. The Bertz CT molecular complexity index is 1270. The number of nitrogens with one attached hydrogen (secondary N) is 2. The second-order valence-electron chi connectivity index (χ2n) is 7.16. The van der Waals surface area contributed by atoms with E-state index < -0.39 is 11.2 Å². The number of imidazole rings is 1. The number of rotatable bonds is 6. The monoisotopic (exact) mass is 389 g/mol. The number of nitrogens with zero attached hydrogens (tertiary/aromatic N) is 3. The molecule has 4 rings (SSSR count). The zero-order chi connectivity index (χ0) is 20.4. The van der Waals surface area contributed by atoms with Crippen molar-refractivity contribution < 1.29 is 0 Å². The summed E-state index contributed by atoms with van der Waals surface area (Å²) in [7, 11) is 1.61. The van der Waals surface area contributed by atoms with E-state index in [4.69, 9.17) is 0 Å². The Kier molecular flexibility index (Phi) is 5.03. The van der Waals surface area contributed by atoms with Gasteiger partial charge in [-0.1, -0.05) is 60.2 Å². The molecule has 2 aromatic carbocycles. The molecule has 2 aromatic heterocycles. The molecule has 0 atom stereocenters. The summed E-state index contributed by atoms with van der Waals surface area (Å²) in [6, 6.07) is 18.3. The highest BCUT2D eigenvalue weighted by Crippen LogP contribution is 2.18. The van der Waals surface area contributed by atoms with Crippen molar-refractivity contribution in [1.82, 2.24) is 19.1 Å². The molecule has 0 saturated carbocycles. The van der Waals surface area contributed by atoms with Gasteiger partial charge in [-0.3, -0.25) is 18.9 Å². The predicted octanol–water partition coefficient (Wildman–Crippen LogP) is 2.43. The molecule has 2 heterocycles. The van der Waals surface area contributed by atoms with E-state index in [1.54, 1.807) is 7.05 Å². The Hall–Kier alpha value is -3.61. The van der Waals surface area contributed by atoms with Crippen LogP contribution < -0.4 is 16.6 Å². The maximum atomic E-state index is 12.6. The van der Waals surface area contributed by atoms with Crippen molar-refractivity contribution in [3.8, 4) is 0 Å². The standard InChI is InChI=1S/C22H23N5O2/c1-15-7-6-10-17(13-15)14-27-18-19(26(2)22(29)25-20(18)28)24-21(27)23-12-11-16-8-4-3-5-9-16/h3-10,13H,11-12,14H2,1-2H3,(H,23,24)(H,25,28,29). The first kappa shape index (κ1) is 18.7. The van der Waals surface area contributed by atoms with Crippen LogP contribution in [0.1, 0.15) is 16.7 Å². The Morgan fingerprint density at radius 1 is 1.03 bits per heavy atom. The fourth-order valence-electron chi connectivity index (χ4n) is 3.48. The lowest BCUT2D eigenvalue weighted by atomic mass is 10.1. The molecule has 0 spiro atoms. The molecule has 0 amide bonds. The molecule has 0 saturated heterocycles. The third-order valence-corrected chi connectivity index (χ3v) is 4.97. The van der Waals surface area contributed by atoms with E-state index in [1.165, 1.54) is 10.1 Å². The molecular weight excluding hydrogens is 366 g/mol. The summed E-state index contributed by atoms with van der Waals surface area (Å²) >= 11 is 0. The second-order valence-corrected chi connectivity index (χ2v) is 7.16. The summed E-state index contributed by atoms with van der Waals surface area (Å²) in [6.45, 7) is 3.17. The molecule has 0 fully saturated rings. The molecule has 0 aliphatic carbocycles. The minimum absolute atomic E-state index is 0.369. The van der Waals surface area contributed by atoms with Gasteiger partial charge in [0.1, 0.15) is 0 Å². The van der Waals surface area contributed by atoms with Crippen molar-refractivity contribution >= 4 is 17.1 Å². The normalized spacial score (nSPS) is 11.1. The van der Waals surface area contributed by atoms with Crippen LogP contribution in [0.4, 0.5) is 5.95 Å². The summed E-state index contributed by atoms with van der Waals surface area (Å²) < 4.78 is 3.21. The Morgan fingerprint density at radius 2 is 1.79 bits per heavy atom. The van der Waals surface area contributed by atoms with E-state index in [0.29, 0.717) is 30.2 Å². The number of fused-ring (bicyclic) bond motifs is 1. The number of benzene rings is 2. The van der Waals surface area contributed by atoms with Crippen LogP contribution in [0.3, 0.4) is 0 Å². The Balaban J connectivity index is 1.73. The topological polar surface area (TPSA) is 84.7 Å². The van der Waals surface area contributed by atoms with Crippen molar-refractivity contribution in [2.75, 3.05) is 11.9 Å². The van der Waals surface area contributed by atoms with E-state index in [9.17, 15) is 9.59 Å². The molecule has 0 aliphatic heterocycles. The summed E-state index contributed by atoms with van der Waals surface area (Å²) in [5.74, 6) is 0.573. The largest absolute Gasteiger partial charge is 0.355 e. The molecule has 4 aromatic rings. The first-order valence-corrected chi connectivity index (χ1v) is 9.56. The zero-order valence-corrected chi connectivity index (χ0v) is 16.5. The molecule has 0 aliphatic rings. The lowest BCUT2D eigenvalue weighted by Crippen LogP contribution is -2.29. The van der Waals surface area contributed by atoms with Crippen LogP contribution in [0.5, 0.6) is 0 Å². The average molecular weight is 389 g/mol. The van der Waals surface area contributed by atoms with Gasteiger partial charge in [0.05, 0.1) is 6.54 Å². The summed E-state index contributed by atoms with van der Waals surface area (Å²) in [5.41, 5.74) is 3.27. The lowest BCUT2D eigenvalue weighted by Gasteiger charge is -2.11. The van der Waals surface area contributed by atoms with Gasteiger partial charge in [0.25, 0.3) is 5.56 Å². The summed E-state index contributed by atoms with van der Waals surface area (Å²) in [6.07, 6.45) is 0.823. The third-order valence-electron chi connectivity index (χ3n) is 4.97. The highest BCUT2D eigenvalue weighted by molar-refractivity contribution is 5.74.